The van der Waals surface area contributed by atoms with Crippen molar-refractivity contribution >= 4 is 11.6 Å². The molecule has 25 heavy (non-hydrogen) atoms. The SMILES string of the molecule is CCNC(=NCCN1CCOCC1)Nc1ccc2c(c1)OCCCO2. The van der Waals surface area contributed by atoms with Gasteiger partial charge in [-0.25, -0.2) is 0 Å². The summed E-state index contributed by atoms with van der Waals surface area (Å²) in [7, 11) is 0. The molecule has 1 fully saturated rings. The van der Waals surface area contributed by atoms with Crippen molar-refractivity contribution in [3.8, 4) is 11.5 Å². The molecule has 0 saturated carbocycles. The van der Waals surface area contributed by atoms with Crippen molar-refractivity contribution in [3.05, 3.63) is 18.2 Å². The second-order valence-corrected chi connectivity index (χ2v) is 6.05. The van der Waals surface area contributed by atoms with Crippen molar-refractivity contribution in [2.75, 3.05) is 64.5 Å². The van der Waals surface area contributed by atoms with E-state index in [1.54, 1.807) is 0 Å². The zero-order chi connectivity index (χ0) is 17.3. The molecule has 0 aromatic heterocycles. The van der Waals surface area contributed by atoms with Gasteiger partial charge in [0, 0.05) is 44.4 Å². The van der Waals surface area contributed by atoms with Gasteiger partial charge in [-0.1, -0.05) is 0 Å². The minimum absolute atomic E-state index is 0.685. The van der Waals surface area contributed by atoms with Crippen LogP contribution in [0, 0.1) is 0 Å². The molecule has 2 aliphatic heterocycles. The summed E-state index contributed by atoms with van der Waals surface area (Å²) in [6.45, 7) is 9.57. The van der Waals surface area contributed by atoms with Crippen molar-refractivity contribution in [2.24, 2.45) is 4.99 Å². The van der Waals surface area contributed by atoms with Crippen LogP contribution in [0.2, 0.25) is 0 Å². The Morgan fingerprint density at radius 3 is 2.72 bits per heavy atom. The number of guanidine groups is 1. The molecule has 0 radical (unpaired) electrons. The molecular weight excluding hydrogens is 320 g/mol. The van der Waals surface area contributed by atoms with E-state index < -0.39 is 0 Å². The maximum atomic E-state index is 5.75. The molecule has 1 saturated heterocycles. The average Bonchev–Trinajstić information content (AvgIpc) is 2.88. The molecule has 0 bridgehead atoms. The fourth-order valence-corrected chi connectivity index (χ4v) is 2.81. The molecule has 0 spiro atoms. The van der Waals surface area contributed by atoms with Gasteiger partial charge >= 0.3 is 0 Å². The maximum absolute atomic E-state index is 5.75. The van der Waals surface area contributed by atoms with Crippen LogP contribution in [0.15, 0.2) is 23.2 Å². The number of morpholine rings is 1. The number of anilines is 1. The summed E-state index contributed by atoms with van der Waals surface area (Å²) in [6, 6.07) is 5.90. The number of nitrogens with one attached hydrogen (secondary N) is 2. The van der Waals surface area contributed by atoms with Crippen molar-refractivity contribution in [3.63, 3.8) is 0 Å². The molecule has 7 heteroatoms. The molecule has 0 amide bonds. The second kappa shape index (κ2) is 9.48. The Kier molecular flexibility index (Phi) is 6.76. The minimum Gasteiger partial charge on any atom is -0.490 e. The lowest BCUT2D eigenvalue weighted by Crippen LogP contribution is -2.38. The third kappa shape index (κ3) is 5.51. The molecule has 2 aliphatic rings. The van der Waals surface area contributed by atoms with Crippen LogP contribution >= 0.6 is 0 Å². The van der Waals surface area contributed by atoms with Crippen molar-refractivity contribution in [1.29, 1.82) is 0 Å². The Labute approximate surface area is 149 Å². The molecular formula is C18H28N4O3. The van der Waals surface area contributed by atoms with Gasteiger partial charge in [-0.2, -0.15) is 0 Å². The lowest BCUT2D eigenvalue weighted by Gasteiger charge is -2.25. The number of fused-ring (bicyclic) bond motifs is 1. The van der Waals surface area contributed by atoms with Crippen LogP contribution in [0.5, 0.6) is 11.5 Å². The van der Waals surface area contributed by atoms with Crippen LogP contribution in [0.25, 0.3) is 0 Å². The first kappa shape index (κ1) is 17.8. The molecule has 7 nitrogen and oxygen atoms in total. The molecule has 2 N–H and O–H groups in total. The lowest BCUT2D eigenvalue weighted by molar-refractivity contribution is 0.0394. The van der Waals surface area contributed by atoms with Crippen LogP contribution in [0.4, 0.5) is 5.69 Å². The predicted octanol–water partition coefficient (Wildman–Crippen LogP) is 1.56. The van der Waals surface area contributed by atoms with E-state index in [4.69, 9.17) is 14.2 Å². The van der Waals surface area contributed by atoms with Gasteiger partial charge < -0.3 is 24.8 Å². The molecule has 0 aliphatic carbocycles. The van der Waals surface area contributed by atoms with E-state index in [9.17, 15) is 0 Å². The van der Waals surface area contributed by atoms with Gasteiger partial charge in [0.15, 0.2) is 17.5 Å². The van der Waals surface area contributed by atoms with Gasteiger partial charge in [0.05, 0.1) is 33.0 Å². The summed E-state index contributed by atoms with van der Waals surface area (Å²) in [4.78, 5) is 7.05. The largest absolute Gasteiger partial charge is 0.490 e. The fourth-order valence-electron chi connectivity index (χ4n) is 2.81. The third-order valence-electron chi connectivity index (χ3n) is 4.14. The molecule has 0 atom stereocenters. The Balaban J connectivity index is 1.58. The number of ether oxygens (including phenoxy) is 3. The zero-order valence-corrected chi connectivity index (χ0v) is 14.9. The Bertz CT molecular complexity index is 573. The number of nitrogens with zero attached hydrogens (tertiary/aromatic N) is 2. The first-order valence-corrected chi connectivity index (χ1v) is 9.10. The fraction of sp³-hybridized carbons (Fsp3) is 0.611. The highest BCUT2D eigenvalue weighted by Gasteiger charge is 2.12. The summed E-state index contributed by atoms with van der Waals surface area (Å²) in [5.41, 5.74) is 0.940. The summed E-state index contributed by atoms with van der Waals surface area (Å²) in [6.07, 6.45) is 0.906. The molecule has 1 aromatic rings. The van der Waals surface area contributed by atoms with Crippen LogP contribution in [-0.4, -0.2) is 70.0 Å². The number of benzene rings is 1. The standard InChI is InChI=1S/C18H28N4O3/c1-2-19-18(20-6-7-22-8-12-23-13-9-22)21-15-4-5-16-17(14-15)25-11-3-10-24-16/h4-5,14H,2-3,6-13H2,1H3,(H2,19,20,21). The van der Waals surface area contributed by atoms with E-state index in [-0.39, 0.29) is 0 Å². The Morgan fingerprint density at radius 1 is 1.12 bits per heavy atom. The minimum atomic E-state index is 0.685. The zero-order valence-electron chi connectivity index (χ0n) is 14.9. The molecule has 138 valence electrons. The van der Waals surface area contributed by atoms with E-state index in [2.05, 4.69) is 27.4 Å². The topological polar surface area (TPSA) is 67.4 Å². The summed E-state index contributed by atoms with van der Waals surface area (Å²) in [5.74, 6) is 2.37. The molecule has 2 heterocycles. The summed E-state index contributed by atoms with van der Waals surface area (Å²) >= 11 is 0. The predicted molar refractivity (Wildman–Crippen MR) is 98.9 cm³/mol. The second-order valence-electron chi connectivity index (χ2n) is 6.05. The summed E-state index contributed by atoms with van der Waals surface area (Å²) in [5, 5.41) is 6.63. The highest BCUT2D eigenvalue weighted by Crippen LogP contribution is 2.32. The highest BCUT2D eigenvalue weighted by molar-refractivity contribution is 5.93. The number of hydrogen-bond acceptors (Lipinski definition) is 5. The van der Waals surface area contributed by atoms with E-state index >= 15 is 0 Å². The Morgan fingerprint density at radius 2 is 1.92 bits per heavy atom. The van der Waals surface area contributed by atoms with Gasteiger partial charge in [-0.3, -0.25) is 9.89 Å². The van der Waals surface area contributed by atoms with Crippen molar-refractivity contribution in [2.45, 2.75) is 13.3 Å². The third-order valence-corrected chi connectivity index (χ3v) is 4.14. The van der Waals surface area contributed by atoms with Gasteiger partial charge in [0.1, 0.15) is 0 Å². The molecule has 3 rings (SSSR count). The van der Waals surface area contributed by atoms with Crippen LogP contribution in [0.3, 0.4) is 0 Å². The van der Waals surface area contributed by atoms with Gasteiger partial charge in [-0.15, -0.1) is 0 Å². The van der Waals surface area contributed by atoms with Crippen LogP contribution in [-0.2, 0) is 4.74 Å². The first-order valence-electron chi connectivity index (χ1n) is 9.10. The number of aliphatic imine (C=N–C) groups is 1. The lowest BCUT2D eigenvalue weighted by atomic mass is 10.3. The Hall–Kier alpha value is -1.99. The maximum Gasteiger partial charge on any atom is 0.195 e. The molecule has 1 aromatic carbocycles. The summed E-state index contributed by atoms with van der Waals surface area (Å²) < 4.78 is 16.8. The van der Waals surface area contributed by atoms with E-state index in [0.717, 1.165) is 75.5 Å². The van der Waals surface area contributed by atoms with Gasteiger partial charge in [-0.05, 0) is 19.1 Å². The number of hydrogen-bond donors (Lipinski definition) is 2. The normalized spacial score (nSPS) is 18.5. The van der Waals surface area contributed by atoms with E-state index in [1.165, 1.54) is 0 Å². The molecule has 0 unspecified atom stereocenters. The monoisotopic (exact) mass is 348 g/mol. The first-order chi connectivity index (χ1) is 12.3. The van der Waals surface area contributed by atoms with Crippen LogP contribution < -0.4 is 20.1 Å². The average molecular weight is 348 g/mol. The van der Waals surface area contributed by atoms with Crippen LogP contribution in [0.1, 0.15) is 13.3 Å². The smallest absolute Gasteiger partial charge is 0.195 e. The van der Waals surface area contributed by atoms with Gasteiger partial charge in [0.25, 0.3) is 0 Å². The number of rotatable bonds is 5. The van der Waals surface area contributed by atoms with Crippen molar-refractivity contribution in [1.82, 2.24) is 10.2 Å². The quantitative estimate of drug-likeness (QED) is 0.622. The van der Waals surface area contributed by atoms with E-state index in [0.29, 0.717) is 13.2 Å². The van der Waals surface area contributed by atoms with Gasteiger partial charge in [0.2, 0.25) is 0 Å². The highest BCUT2D eigenvalue weighted by atomic mass is 16.5. The van der Waals surface area contributed by atoms with E-state index in [1.807, 2.05) is 18.2 Å². The van der Waals surface area contributed by atoms with Crippen molar-refractivity contribution < 1.29 is 14.2 Å².